The minimum absolute atomic E-state index is 0.0314. The van der Waals surface area contributed by atoms with Crippen LogP contribution in [0.15, 0.2) is 27.8 Å². The molecular formula is C13H15BrN6OS. The van der Waals surface area contributed by atoms with Crippen LogP contribution in [0.2, 0.25) is 0 Å². The second kappa shape index (κ2) is 6.93. The number of hydrogen-bond acceptors (Lipinski definition) is 7. The van der Waals surface area contributed by atoms with Crippen LogP contribution in [-0.2, 0) is 4.79 Å². The van der Waals surface area contributed by atoms with Crippen LogP contribution >= 0.6 is 27.7 Å². The van der Waals surface area contributed by atoms with Crippen molar-refractivity contribution in [3.63, 3.8) is 0 Å². The Labute approximate surface area is 140 Å². The average molecular weight is 383 g/mol. The zero-order valence-electron chi connectivity index (χ0n) is 12.0. The highest BCUT2D eigenvalue weighted by Gasteiger charge is 2.18. The van der Waals surface area contributed by atoms with E-state index in [4.69, 9.17) is 11.5 Å². The van der Waals surface area contributed by atoms with E-state index in [2.05, 4.69) is 36.2 Å². The minimum Gasteiger partial charge on any atom is -0.368 e. The zero-order chi connectivity index (χ0) is 16.3. The third-order valence-corrected chi connectivity index (χ3v) is 4.30. The van der Waals surface area contributed by atoms with Crippen molar-refractivity contribution in [2.24, 2.45) is 0 Å². The molecule has 116 valence electrons. The fraction of sp³-hybridized carbons (Fsp3) is 0.231. The second-order valence-electron chi connectivity index (χ2n) is 4.57. The summed E-state index contributed by atoms with van der Waals surface area (Å²) in [5, 5.41) is 2.74. The van der Waals surface area contributed by atoms with Gasteiger partial charge in [-0.05, 0) is 47.5 Å². The zero-order valence-corrected chi connectivity index (χ0v) is 14.4. The van der Waals surface area contributed by atoms with Gasteiger partial charge in [-0.15, -0.1) is 0 Å². The lowest BCUT2D eigenvalue weighted by Crippen LogP contribution is -2.23. The molecule has 7 nitrogen and oxygen atoms in total. The molecule has 0 radical (unpaired) electrons. The van der Waals surface area contributed by atoms with E-state index in [1.807, 2.05) is 25.1 Å². The van der Waals surface area contributed by atoms with Crippen LogP contribution in [0.5, 0.6) is 0 Å². The number of carbonyl (C=O) groups is 1. The summed E-state index contributed by atoms with van der Waals surface area (Å²) in [6.45, 7) is 3.72. The highest BCUT2D eigenvalue weighted by atomic mass is 79.9. The van der Waals surface area contributed by atoms with Crippen molar-refractivity contribution in [1.29, 1.82) is 0 Å². The molecule has 1 amide bonds. The van der Waals surface area contributed by atoms with Crippen molar-refractivity contribution in [1.82, 2.24) is 15.0 Å². The van der Waals surface area contributed by atoms with E-state index in [9.17, 15) is 4.79 Å². The van der Waals surface area contributed by atoms with Crippen LogP contribution in [0.3, 0.4) is 0 Å². The number of aryl methyl sites for hydroxylation is 1. The Kier molecular flexibility index (Phi) is 5.19. The Bertz CT molecular complexity index is 691. The summed E-state index contributed by atoms with van der Waals surface area (Å²) < 4.78 is 0.826. The van der Waals surface area contributed by atoms with Crippen molar-refractivity contribution >= 4 is 51.2 Å². The van der Waals surface area contributed by atoms with Gasteiger partial charge in [0.15, 0.2) is 5.16 Å². The number of rotatable bonds is 4. The fourth-order valence-electron chi connectivity index (χ4n) is 1.61. The first kappa shape index (κ1) is 16.5. The number of nitrogens with zero attached hydrogens (tertiary/aromatic N) is 3. The van der Waals surface area contributed by atoms with E-state index >= 15 is 0 Å². The summed E-state index contributed by atoms with van der Waals surface area (Å²) in [6, 6.07) is 5.69. The number of nitrogens with two attached hydrogens (primary N) is 2. The molecule has 0 bridgehead atoms. The Morgan fingerprint density at radius 1 is 1.27 bits per heavy atom. The van der Waals surface area contributed by atoms with Crippen LogP contribution in [0.4, 0.5) is 17.6 Å². The van der Waals surface area contributed by atoms with Crippen molar-refractivity contribution in [2.45, 2.75) is 24.3 Å². The number of halogens is 1. The predicted molar refractivity (Wildman–Crippen MR) is 91.5 cm³/mol. The van der Waals surface area contributed by atoms with E-state index in [1.54, 1.807) is 6.92 Å². The summed E-state index contributed by atoms with van der Waals surface area (Å²) in [5.41, 5.74) is 12.8. The lowest BCUT2D eigenvalue weighted by Gasteiger charge is -2.12. The van der Waals surface area contributed by atoms with Crippen LogP contribution in [0.1, 0.15) is 12.5 Å². The first-order chi connectivity index (χ1) is 10.3. The van der Waals surface area contributed by atoms with Gasteiger partial charge in [0.1, 0.15) is 0 Å². The van der Waals surface area contributed by atoms with Crippen LogP contribution in [0, 0.1) is 6.92 Å². The smallest absolute Gasteiger partial charge is 0.237 e. The summed E-state index contributed by atoms with van der Waals surface area (Å²) >= 11 is 4.58. The number of amides is 1. The van der Waals surface area contributed by atoms with Crippen molar-refractivity contribution in [3.8, 4) is 0 Å². The third kappa shape index (κ3) is 4.31. The van der Waals surface area contributed by atoms with Crippen LogP contribution in [0.25, 0.3) is 0 Å². The van der Waals surface area contributed by atoms with Crippen molar-refractivity contribution in [3.05, 3.63) is 28.2 Å². The van der Waals surface area contributed by atoms with Gasteiger partial charge in [-0.1, -0.05) is 17.8 Å². The molecule has 0 aliphatic heterocycles. The lowest BCUT2D eigenvalue weighted by molar-refractivity contribution is -0.115. The van der Waals surface area contributed by atoms with E-state index in [1.165, 1.54) is 0 Å². The van der Waals surface area contributed by atoms with Gasteiger partial charge in [0, 0.05) is 4.47 Å². The average Bonchev–Trinajstić information content (AvgIpc) is 2.40. The maximum Gasteiger partial charge on any atom is 0.237 e. The number of nitrogens with one attached hydrogen (secondary N) is 1. The van der Waals surface area contributed by atoms with E-state index < -0.39 is 5.25 Å². The first-order valence-corrected chi connectivity index (χ1v) is 8.03. The molecule has 1 heterocycles. The van der Waals surface area contributed by atoms with Crippen molar-refractivity contribution in [2.75, 3.05) is 16.8 Å². The van der Waals surface area contributed by atoms with Gasteiger partial charge < -0.3 is 16.8 Å². The normalized spacial score (nSPS) is 12.0. The molecule has 0 saturated carbocycles. The van der Waals surface area contributed by atoms with Gasteiger partial charge in [-0.3, -0.25) is 4.79 Å². The fourth-order valence-corrected chi connectivity index (χ4v) is 2.98. The third-order valence-electron chi connectivity index (χ3n) is 2.68. The molecule has 2 aromatic rings. The van der Waals surface area contributed by atoms with E-state index in [-0.39, 0.29) is 17.8 Å². The van der Waals surface area contributed by atoms with E-state index in [0.29, 0.717) is 10.8 Å². The molecule has 0 fully saturated rings. The number of hydrogen-bond donors (Lipinski definition) is 3. The van der Waals surface area contributed by atoms with Crippen LogP contribution in [-0.4, -0.2) is 26.1 Å². The molecule has 0 aliphatic carbocycles. The summed E-state index contributed by atoms with van der Waals surface area (Å²) in [7, 11) is 0. The SMILES string of the molecule is Cc1ccc(NC(=O)[C@@H](C)Sc2nc(N)nc(N)n2)c(Br)c1. The summed E-state index contributed by atoms with van der Waals surface area (Å²) in [5.74, 6) is -0.111. The molecule has 1 atom stereocenters. The number of carbonyl (C=O) groups excluding carboxylic acids is 1. The molecular weight excluding hydrogens is 368 g/mol. The summed E-state index contributed by atoms with van der Waals surface area (Å²) in [4.78, 5) is 23.8. The van der Waals surface area contributed by atoms with Gasteiger partial charge in [-0.25, -0.2) is 0 Å². The van der Waals surface area contributed by atoms with Gasteiger partial charge in [0.25, 0.3) is 0 Å². The molecule has 0 aliphatic rings. The number of benzene rings is 1. The number of nitrogen functional groups attached to an aromatic ring is 2. The predicted octanol–water partition coefficient (Wildman–Crippen LogP) is 2.23. The minimum atomic E-state index is -0.422. The topological polar surface area (TPSA) is 120 Å². The Morgan fingerprint density at radius 3 is 2.50 bits per heavy atom. The molecule has 22 heavy (non-hydrogen) atoms. The van der Waals surface area contributed by atoms with Gasteiger partial charge in [0.2, 0.25) is 17.8 Å². The molecule has 1 aromatic carbocycles. The molecule has 0 saturated heterocycles. The van der Waals surface area contributed by atoms with Gasteiger partial charge in [0.05, 0.1) is 10.9 Å². The highest BCUT2D eigenvalue weighted by Crippen LogP contribution is 2.26. The Hall–Kier alpha value is -1.87. The molecule has 5 N–H and O–H groups in total. The largest absolute Gasteiger partial charge is 0.368 e. The standard InChI is InChI=1S/C13H15BrN6OS/c1-6-3-4-9(8(14)5-6)17-10(21)7(2)22-13-19-11(15)18-12(16)20-13/h3-5,7H,1-2H3,(H,17,21)(H4,15,16,18,19,20)/t7-/m1/s1. The first-order valence-electron chi connectivity index (χ1n) is 6.36. The van der Waals surface area contributed by atoms with E-state index in [0.717, 1.165) is 21.8 Å². The summed E-state index contributed by atoms with van der Waals surface area (Å²) in [6.07, 6.45) is 0. The maximum atomic E-state index is 12.2. The Morgan fingerprint density at radius 2 is 1.91 bits per heavy atom. The van der Waals surface area contributed by atoms with Gasteiger partial charge >= 0.3 is 0 Å². The maximum absolute atomic E-state index is 12.2. The lowest BCUT2D eigenvalue weighted by atomic mass is 10.2. The molecule has 1 aromatic heterocycles. The van der Waals surface area contributed by atoms with Gasteiger partial charge in [-0.2, -0.15) is 15.0 Å². The number of anilines is 3. The Balaban J connectivity index is 2.05. The quantitative estimate of drug-likeness (QED) is 0.693. The number of thioether (sulfide) groups is 1. The molecule has 0 spiro atoms. The van der Waals surface area contributed by atoms with Crippen molar-refractivity contribution < 1.29 is 4.79 Å². The number of aromatic nitrogens is 3. The molecule has 0 unspecified atom stereocenters. The molecule has 2 rings (SSSR count). The monoisotopic (exact) mass is 382 g/mol. The molecule has 9 heteroatoms. The van der Waals surface area contributed by atoms with Crippen LogP contribution < -0.4 is 16.8 Å². The second-order valence-corrected chi connectivity index (χ2v) is 6.73. The highest BCUT2D eigenvalue weighted by molar-refractivity contribution is 9.10.